The minimum absolute atomic E-state index is 0.00201. The molecule has 7 atom stereocenters. The van der Waals surface area contributed by atoms with E-state index in [0.29, 0.717) is 25.8 Å². The maximum atomic E-state index is 13.4. The van der Waals surface area contributed by atoms with E-state index >= 15 is 0 Å². The lowest BCUT2D eigenvalue weighted by molar-refractivity contribution is -0.181. The monoisotopic (exact) mass is 599 g/mol. The third kappa shape index (κ3) is 5.72. The Morgan fingerprint density at radius 3 is 2.47 bits per heavy atom. The lowest BCUT2D eigenvalue weighted by atomic mass is 9.46. The molecule has 4 saturated carbocycles. The van der Waals surface area contributed by atoms with Crippen molar-refractivity contribution in [1.82, 2.24) is 5.32 Å². The van der Waals surface area contributed by atoms with Crippen LogP contribution in [0.1, 0.15) is 84.5 Å². The van der Waals surface area contributed by atoms with E-state index in [0.717, 1.165) is 31.3 Å². The van der Waals surface area contributed by atoms with Crippen molar-refractivity contribution in [2.24, 2.45) is 40.4 Å². The highest BCUT2D eigenvalue weighted by molar-refractivity contribution is 6.01. The minimum Gasteiger partial charge on any atom is -0.481 e. The molecule has 0 heterocycles. The van der Waals surface area contributed by atoms with Crippen LogP contribution in [0.25, 0.3) is 0 Å². The second kappa shape index (κ2) is 11.9. The molecule has 1 amide bonds. The largest absolute Gasteiger partial charge is 0.481 e. The summed E-state index contributed by atoms with van der Waals surface area (Å²) >= 11 is 0. The SMILES string of the molecule is C[C@]12C=CC(=O)C=C1CC[C@@H]1[C@@H]2[C@H](O)C[C@@]2(C)[C@H]1CC[C@@]2(O)C(=O)COC(=O)CCC(=O)NCC1CCC(C(=O)O)CC1. The van der Waals surface area contributed by atoms with Crippen LogP contribution in [-0.4, -0.2) is 69.6 Å². The number of aliphatic hydroxyl groups is 2. The Morgan fingerprint density at radius 1 is 1.05 bits per heavy atom. The predicted octanol–water partition coefficient (Wildman–Crippen LogP) is 2.90. The van der Waals surface area contributed by atoms with Crippen LogP contribution < -0.4 is 5.32 Å². The van der Waals surface area contributed by atoms with Crippen molar-refractivity contribution in [1.29, 1.82) is 0 Å². The molecule has 0 aliphatic heterocycles. The van der Waals surface area contributed by atoms with Crippen molar-refractivity contribution in [2.45, 2.75) is 96.2 Å². The number of rotatable bonds is 9. The lowest BCUT2D eigenvalue weighted by Gasteiger charge is -2.59. The Hall–Kier alpha value is -2.85. The molecule has 4 fully saturated rings. The molecule has 5 rings (SSSR count). The van der Waals surface area contributed by atoms with E-state index in [9.17, 15) is 34.2 Å². The number of hydrogen-bond donors (Lipinski definition) is 4. The number of carboxylic acid groups (broad SMARTS) is 1. The molecule has 0 aromatic heterocycles. The second-order valence-electron chi connectivity index (χ2n) is 14.1. The standard InChI is InChI=1S/C33H45NO9/c1-31-13-11-22(35)15-21(31)7-8-23-24-12-14-33(42,32(24,2)16-25(36)29(23)31)26(37)18-43-28(39)10-9-27(38)34-17-19-3-5-20(6-4-19)30(40)41/h11,13,15,19-20,23-25,29,36,42H,3-10,12,14,16-18H2,1-2H3,(H,34,38)(H,40,41)/t19?,20?,23-,24-,25+,29+,31-,32-,33+/m0/s1. The zero-order valence-electron chi connectivity index (χ0n) is 25.2. The third-order valence-corrected chi connectivity index (χ3v) is 11.8. The fourth-order valence-corrected chi connectivity index (χ4v) is 9.30. The molecule has 43 heavy (non-hydrogen) atoms. The van der Waals surface area contributed by atoms with Gasteiger partial charge in [0.1, 0.15) is 5.60 Å². The molecule has 5 aliphatic rings. The first-order valence-corrected chi connectivity index (χ1v) is 15.8. The number of aliphatic hydroxyl groups excluding tert-OH is 1. The quantitative estimate of drug-likeness (QED) is 0.291. The van der Waals surface area contributed by atoms with Crippen LogP contribution >= 0.6 is 0 Å². The fourth-order valence-electron chi connectivity index (χ4n) is 9.30. The summed E-state index contributed by atoms with van der Waals surface area (Å²) in [6.45, 7) is 3.79. The number of Topliss-reactive ketones (excluding diaryl/α,β-unsaturated/α-hetero) is 1. The van der Waals surface area contributed by atoms with Crippen LogP contribution in [0.2, 0.25) is 0 Å². The smallest absolute Gasteiger partial charge is 0.306 e. The average molecular weight is 600 g/mol. The maximum absolute atomic E-state index is 13.4. The van der Waals surface area contributed by atoms with Gasteiger partial charge in [-0.3, -0.25) is 24.0 Å². The van der Waals surface area contributed by atoms with E-state index in [2.05, 4.69) is 12.2 Å². The molecule has 0 unspecified atom stereocenters. The van der Waals surface area contributed by atoms with Gasteiger partial charge in [0.05, 0.1) is 18.4 Å². The number of ketones is 2. The Labute approximate surface area is 252 Å². The van der Waals surface area contributed by atoms with Gasteiger partial charge in [-0.1, -0.05) is 25.5 Å². The summed E-state index contributed by atoms with van der Waals surface area (Å²) in [7, 11) is 0. The summed E-state index contributed by atoms with van der Waals surface area (Å²) in [4.78, 5) is 61.2. The van der Waals surface area contributed by atoms with Crippen molar-refractivity contribution < 1.29 is 44.0 Å². The summed E-state index contributed by atoms with van der Waals surface area (Å²) in [5, 5.41) is 35.2. The number of amides is 1. The Morgan fingerprint density at radius 2 is 1.77 bits per heavy atom. The molecule has 10 nitrogen and oxygen atoms in total. The van der Waals surface area contributed by atoms with Gasteiger partial charge in [-0.25, -0.2) is 0 Å². The topological polar surface area (TPSA) is 167 Å². The van der Waals surface area contributed by atoms with Crippen LogP contribution in [0.3, 0.4) is 0 Å². The van der Waals surface area contributed by atoms with E-state index in [4.69, 9.17) is 9.84 Å². The van der Waals surface area contributed by atoms with Crippen molar-refractivity contribution in [3.8, 4) is 0 Å². The Bertz CT molecular complexity index is 1230. The van der Waals surface area contributed by atoms with E-state index in [1.165, 1.54) is 0 Å². The van der Waals surface area contributed by atoms with Crippen LogP contribution in [0.15, 0.2) is 23.8 Å². The maximum Gasteiger partial charge on any atom is 0.306 e. The highest BCUT2D eigenvalue weighted by atomic mass is 16.5. The number of ether oxygens (including phenoxy) is 1. The molecule has 0 aromatic rings. The summed E-state index contributed by atoms with van der Waals surface area (Å²) in [5.74, 6) is -2.54. The number of carboxylic acids is 1. The number of hydrogen-bond acceptors (Lipinski definition) is 8. The molecule has 0 saturated heterocycles. The Balaban J connectivity index is 1.12. The molecule has 10 heteroatoms. The second-order valence-corrected chi connectivity index (χ2v) is 14.1. The van der Waals surface area contributed by atoms with Crippen molar-refractivity contribution in [3.05, 3.63) is 23.8 Å². The predicted molar refractivity (Wildman–Crippen MR) is 154 cm³/mol. The van der Waals surface area contributed by atoms with Gasteiger partial charge in [-0.15, -0.1) is 0 Å². The molecule has 5 aliphatic carbocycles. The first-order chi connectivity index (χ1) is 20.3. The number of aliphatic carboxylic acids is 1. The van der Waals surface area contributed by atoms with Crippen molar-refractivity contribution in [2.75, 3.05) is 13.2 Å². The number of esters is 1. The molecular weight excluding hydrogens is 554 g/mol. The summed E-state index contributed by atoms with van der Waals surface area (Å²) in [6.07, 6.45) is 9.38. The summed E-state index contributed by atoms with van der Waals surface area (Å²) in [5.41, 5.74) is -2.02. The van der Waals surface area contributed by atoms with Crippen molar-refractivity contribution in [3.63, 3.8) is 0 Å². The third-order valence-electron chi connectivity index (χ3n) is 11.8. The van der Waals surface area contributed by atoms with E-state index in [1.54, 1.807) is 12.2 Å². The number of carbonyl (C=O) groups excluding carboxylic acids is 4. The van der Waals surface area contributed by atoms with Gasteiger partial charge in [-0.05, 0) is 87.7 Å². The molecule has 236 valence electrons. The first kappa shape index (κ1) is 31.6. The number of carbonyl (C=O) groups is 5. The Kier molecular flexibility index (Phi) is 8.75. The van der Waals surface area contributed by atoms with Crippen LogP contribution in [0.5, 0.6) is 0 Å². The van der Waals surface area contributed by atoms with E-state index in [-0.39, 0.29) is 67.0 Å². The van der Waals surface area contributed by atoms with Crippen LogP contribution in [0.4, 0.5) is 0 Å². The van der Waals surface area contributed by atoms with Crippen molar-refractivity contribution >= 4 is 29.4 Å². The highest BCUT2D eigenvalue weighted by Crippen LogP contribution is 2.67. The lowest BCUT2D eigenvalue weighted by Crippen LogP contribution is -2.61. The van der Waals surface area contributed by atoms with E-state index in [1.807, 2.05) is 13.0 Å². The van der Waals surface area contributed by atoms with Gasteiger partial charge in [0, 0.05) is 29.7 Å². The summed E-state index contributed by atoms with van der Waals surface area (Å²) in [6, 6.07) is 0. The molecule has 0 aromatic carbocycles. The number of allylic oxidation sites excluding steroid dienone is 4. The molecular formula is C33H45NO9. The van der Waals surface area contributed by atoms with Crippen LogP contribution in [-0.2, 0) is 28.7 Å². The first-order valence-electron chi connectivity index (χ1n) is 15.8. The van der Waals surface area contributed by atoms with Crippen LogP contribution in [0, 0.1) is 40.4 Å². The number of fused-ring (bicyclic) bond motifs is 5. The molecule has 0 bridgehead atoms. The fraction of sp³-hybridized carbons (Fsp3) is 0.727. The number of nitrogens with one attached hydrogen (secondary N) is 1. The van der Waals surface area contributed by atoms with Gasteiger partial charge in [0.2, 0.25) is 11.7 Å². The molecule has 0 radical (unpaired) electrons. The van der Waals surface area contributed by atoms with Gasteiger partial charge in [0.15, 0.2) is 12.4 Å². The zero-order chi connectivity index (χ0) is 31.2. The van der Waals surface area contributed by atoms with Gasteiger partial charge in [0.25, 0.3) is 0 Å². The summed E-state index contributed by atoms with van der Waals surface area (Å²) < 4.78 is 5.22. The van der Waals surface area contributed by atoms with Gasteiger partial charge in [-0.2, -0.15) is 0 Å². The normalized spacial score (nSPS) is 40.0. The molecule has 4 N–H and O–H groups in total. The average Bonchev–Trinajstić information content (AvgIpc) is 3.24. The van der Waals surface area contributed by atoms with E-state index < -0.39 is 46.9 Å². The molecule has 0 spiro atoms. The van der Waals surface area contributed by atoms with Gasteiger partial charge < -0.3 is 25.4 Å². The highest BCUT2D eigenvalue weighted by Gasteiger charge is 2.68. The van der Waals surface area contributed by atoms with Gasteiger partial charge >= 0.3 is 11.9 Å². The zero-order valence-corrected chi connectivity index (χ0v) is 25.2. The minimum atomic E-state index is -1.74.